The van der Waals surface area contributed by atoms with Gasteiger partial charge in [-0.15, -0.1) is 11.3 Å². The second-order valence-corrected chi connectivity index (χ2v) is 5.66. The highest BCUT2D eigenvalue weighted by atomic mass is 79.9. The summed E-state index contributed by atoms with van der Waals surface area (Å²) in [5.74, 6) is 2.36. The summed E-state index contributed by atoms with van der Waals surface area (Å²) in [6, 6.07) is 4.29. The Morgan fingerprint density at radius 3 is 2.90 bits per heavy atom. The van der Waals surface area contributed by atoms with Gasteiger partial charge in [-0.3, -0.25) is 0 Å². The van der Waals surface area contributed by atoms with Gasteiger partial charge in [0.05, 0.1) is 3.79 Å². The highest BCUT2D eigenvalue weighted by Gasteiger charge is 1.95. The third-order valence-electron chi connectivity index (χ3n) is 1.08. The van der Waals surface area contributed by atoms with Gasteiger partial charge in [0.1, 0.15) is 0 Å². The summed E-state index contributed by atoms with van der Waals surface area (Å²) in [4.78, 5) is 1.46. The fraction of sp³-hybridized carbons (Fsp3) is 0.429. The first-order chi connectivity index (χ1) is 4.83. The lowest BCUT2D eigenvalue weighted by Crippen LogP contribution is -1.71. The van der Waals surface area contributed by atoms with E-state index in [1.807, 2.05) is 23.1 Å². The van der Waals surface area contributed by atoms with Gasteiger partial charge in [-0.25, -0.2) is 0 Å². The van der Waals surface area contributed by atoms with E-state index in [-0.39, 0.29) is 0 Å². The molecule has 0 unspecified atom stereocenters. The third kappa shape index (κ3) is 2.64. The van der Waals surface area contributed by atoms with Crippen LogP contribution in [-0.2, 0) is 5.75 Å². The molecule has 0 bridgehead atoms. The average Bonchev–Trinajstić information content (AvgIpc) is 2.31. The van der Waals surface area contributed by atoms with Crippen LogP contribution in [0.5, 0.6) is 0 Å². The van der Waals surface area contributed by atoms with Crippen LogP contribution in [0.15, 0.2) is 15.9 Å². The molecule has 1 aromatic rings. The summed E-state index contributed by atoms with van der Waals surface area (Å²) < 4.78 is 1.24. The van der Waals surface area contributed by atoms with Gasteiger partial charge in [-0.1, -0.05) is 6.92 Å². The van der Waals surface area contributed by atoms with E-state index in [0.717, 1.165) is 5.75 Å². The SMILES string of the molecule is CCSCc1ccc(Br)s1. The van der Waals surface area contributed by atoms with E-state index < -0.39 is 0 Å². The molecule has 0 aliphatic heterocycles. The van der Waals surface area contributed by atoms with Crippen LogP contribution >= 0.6 is 39.0 Å². The van der Waals surface area contributed by atoms with Crippen LogP contribution in [0.1, 0.15) is 11.8 Å². The van der Waals surface area contributed by atoms with Crippen molar-refractivity contribution in [2.24, 2.45) is 0 Å². The lowest BCUT2D eigenvalue weighted by Gasteiger charge is -1.91. The van der Waals surface area contributed by atoms with Crippen molar-refractivity contribution >= 4 is 39.0 Å². The monoisotopic (exact) mass is 236 g/mol. The summed E-state index contributed by atoms with van der Waals surface area (Å²) in [5.41, 5.74) is 0. The first-order valence-corrected chi connectivity index (χ1v) is 5.91. The molecule has 0 aliphatic carbocycles. The van der Waals surface area contributed by atoms with E-state index in [4.69, 9.17) is 0 Å². The second-order valence-electron chi connectivity index (χ2n) is 1.84. The lowest BCUT2D eigenvalue weighted by atomic mass is 10.5. The fourth-order valence-corrected chi connectivity index (χ4v) is 2.90. The Morgan fingerprint density at radius 1 is 1.60 bits per heavy atom. The third-order valence-corrected chi connectivity index (χ3v) is 3.81. The van der Waals surface area contributed by atoms with Gasteiger partial charge < -0.3 is 0 Å². The van der Waals surface area contributed by atoms with Crippen molar-refractivity contribution in [1.29, 1.82) is 0 Å². The first kappa shape index (κ1) is 8.62. The molecule has 1 aromatic heterocycles. The van der Waals surface area contributed by atoms with Crippen LogP contribution in [0, 0.1) is 0 Å². The van der Waals surface area contributed by atoms with Gasteiger partial charge in [-0.2, -0.15) is 11.8 Å². The van der Waals surface area contributed by atoms with Crippen molar-refractivity contribution in [1.82, 2.24) is 0 Å². The van der Waals surface area contributed by atoms with E-state index in [2.05, 4.69) is 35.0 Å². The molecule has 0 atom stereocenters. The smallest absolute Gasteiger partial charge is 0.0701 e. The number of halogens is 1. The standard InChI is InChI=1S/C7H9BrS2/c1-2-9-5-6-3-4-7(8)10-6/h3-4H,2,5H2,1H3. The number of thioether (sulfide) groups is 1. The highest BCUT2D eigenvalue weighted by Crippen LogP contribution is 2.25. The quantitative estimate of drug-likeness (QED) is 0.771. The van der Waals surface area contributed by atoms with Crippen molar-refractivity contribution in [2.45, 2.75) is 12.7 Å². The second kappa shape index (κ2) is 4.42. The van der Waals surface area contributed by atoms with Gasteiger partial charge >= 0.3 is 0 Å². The van der Waals surface area contributed by atoms with Gasteiger partial charge in [0.25, 0.3) is 0 Å². The molecular weight excluding hydrogens is 228 g/mol. The van der Waals surface area contributed by atoms with Gasteiger partial charge in [-0.05, 0) is 33.8 Å². The zero-order valence-corrected chi connectivity index (χ0v) is 8.98. The van der Waals surface area contributed by atoms with E-state index in [1.54, 1.807) is 0 Å². The van der Waals surface area contributed by atoms with Crippen LogP contribution < -0.4 is 0 Å². The van der Waals surface area contributed by atoms with E-state index in [1.165, 1.54) is 14.4 Å². The van der Waals surface area contributed by atoms with Crippen molar-refractivity contribution in [3.8, 4) is 0 Å². The number of hydrogen-bond donors (Lipinski definition) is 0. The highest BCUT2D eigenvalue weighted by molar-refractivity contribution is 9.11. The van der Waals surface area contributed by atoms with Crippen LogP contribution in [0.3, 0.4) is 0 Å². The molecule has 1 heterocycles. The van der Waals surface area contributed by atoms with Gasteiger partial charge in [0.15, 0.2) is 0 Å². The summed E-state index contributed by atoms with van der Waals surface area (Å²) in [5, 5.41) is 0. The molecule has 0 saturated carbocycles. The van der Waals surface area contributed by atoms with Crippen LogP contribution in [-0.4, -0.2) is 5.75 Å². The summed E-state index contributed by atoms with van der Waals surface area (Å²) in [7, 11) is 0. The number of rotatable bonds is 3. The first-order valence-electron chi connectivity index (χ1n) is 3.15. The van der Waals surface area contributed by atoms with Gasteiger partial charge in [0.2, 0.25) is 0 Å². The molecule has 1 rings (SSSR count). The van der Waals surface area contributed by atoms with Gasteiger partial charge in [0, 0.05) is 10.6 Å². The van der Waals surface area contributed by atoms with Crippen molar-refractivity contribution in [2.75, 3.05) is 5.75 Å². The Kier molecular flexibility index (Phi) is 3.81. The molecule has 56 valence electrons. The Morgan fingerprint density at radius 2 is 2.40 bits per heavy atom. The molecule has 10 heavy (non-hydrogen) atoms. The van der Waals surface area contributed by atoms with Crippen LogP contribution in [0.25, 0.3) is 0 Å². The number of thiophene rings is 1. The Hall–Kier alpha value is 0.530. The fourth-order valence-electron chi connectivity index (χ4n) is 0.632. The predicted molar refractivity (Wildman–Crippen MR) is 53.9 cm³/mol. The van der Waals surface area contributed by atoms with E-state index in [0.29, 0.717) is 0 Å². The predicted octanol–water partition coefficient (Wildman–Crippen LogP) is 3.76. The minimum Gasteiger partial charge on any atom is -0.157 e. The molecule has 0 fully saturated rings. The van der Waals surface area contributed by atoms with Crippen molar-refractivity contribution in [3.63, 3.8) is 0 Å². The minimum absolute atomic E-state index is 1.16. The molecule has 0 amide bonds. The summed E-state index contributed by atoms with van der Waals surface area (Å²) in [6.45, 7) is 2.19. The van der Waals surface area contributed by atoms with Crippen molar-refractivity contribution in [3.05, 3.63) is 20.8 Å². The summed E-state index contributed by atoms with van der Waals surface area (Å²) >= 11 is 7.22. The maximum Gasteiger partial charge on any atom is 0.0701 e. The lowest BCUT2D eigenvalue weighted by molar-refractivity contribution is 1.47. The molecule has 0 N–H and O–H groups in total. The minimum atomic E-state index is 1.16. The largest absolute Gasteiger partial charge is 0.157 e. The molecule has 0 spiro atoms. The Bertz CT molecular complexity index is 195. The topological polar surface area (TPSA) is 0 Å². The van der Waals surface area contributed by atoms with Crippen LogP contribution in [0.2, 0.25) is 0 Å². The Balaban J connectivity index is 2.42. The molecule has 0 nitrogen and oxygen atoms in total. The summed E-state index contributed by atoms with van der Waals surface area (Å²) in [6.07, 6.45) is 0. The normalized spacial score (nSPS) is 10.2. The Labute approximate surface area is 78.2 Å². The maximum atomic E-state index is 3.43. The van der Waals surface area contributed by atoms with Crippen molar-refractivity contribution < 1.29 is 0 Å². The maximum absolute atomic E-state index is 3.43. The van der Waals surface area contributed by atoms with E-state index in [9.17, 15) is 0 Å². The molecule has 0 saturated heterocycles. The van der Waals surface area contributed by atoms with E-state index >= 15 is 0 Å². The number of hydrogen-bond acceptors (Lipinski definition) is 2. The molecule has 0 aliphatic rings. The molecule has 0 radical (unpaired) electrons. The zero-order chi connectivity index (χ0) is 7.40. The average molecular weight is 237 g/mol. The molecule has 0 aromatic carbocycles. The molecule has 3 heteroatoms. The molecular formula is C7H9BrS2. The zero-order valence-electron chi connectivity index (χ0n) is 5.76. The van der Waals surface area contributed by atoms with Crippen LogP contribution in [0.4, 0.5) is 0 Å².